The molecule has 0 bridgehead atoms. The fourth-order valence-corrected chi connectivity index (χ4v) is 6.80. The highest BCUT2D eigenvalue weighted by Crippen LogP contribution is 2.46. The van der Waals surface area contributed by atoms with Crippen molar-refractivity contribution in [1.82, 2.24) is 15.5 Å². The van der Waals surface area contributed by atoms with Gasteiger partial charge < -0.3 is 54.5 Å². The topological polar surface area (TPSA) is 168 Å². The molecule has 2 amide bonds. The van der Waals surface area contributed by atoms with Crippen molar-refractivity contribution in [2.45, 2.75) is 110 Å². The van der Waals surface area contributed by atoms with Gasteiger partial charge in [0, 0.05) is 59.2 Å². The molecule has 13 heteroatoms. The molecular formula is C38H61N3O10. The van der Waals surface area contributed by atoms with Crippen LogP contribution in [0.5, 0.6) is 11.5 Å². The van der Waals surface area contributed by atoms with Gasteiger partial charge in [-0.15, -0.1) is 6.58 Å². The number of nitrogens with one attached hydrogen (secondary N) is 2. The van der Waals surface area contributed by atoms with E-state index in [1.54, 1.807) is 21.0 Å². The van der Waals surface area contributed by atoms with Crippen molar-refractivity contribution in [3.05, 3.63) is 41.5 Å². The first-order valence-corrected chi connectivity index (χ1v) is 17.7. The summed E-state index contributed by atoms with van der Waals surface area (Å²) in [4.78, 5) is 27.2. The zero-order chi connectivity index (χ0) is 38.4. The second-order valence-corrected chi connectivity index (χ2v) is 14.9. The monoisotopic (exact) mass is 719 g/mol. The van der Waals surface area contributed by atoms with E-state index < -0.39 is 60.8 Å². The summed E-state index contributed by atoms with van der Waals surface area (Å²) in [7, 11) is 6.34. The van der Waals surface area contributed by atoms with E-state index in [4.69, 9.17) is 23.7 Å². The third-order valence-electron chi connectivity index (χ3n) is 10.9. The van der Waals surface area contributed by atoms with Gasteiger partial charge in [0.05, 0.1) is 23.9 Å². The van der Waals surface area contributed by atoms with Gasteiger partial charge in [0.1, 0.15) is 29.5 Å². The van der Waals surface area contributed by atoms with Crippen molar-refractivity contribution in [1.29, 1.82) is 0 Å². The molecule has 1 unspecified atom stereocenters. The summed E-state index contributed by atoms with van der Waals surface area (Å²) in [5.74, 6) is -0.500. The lowest BCUT2D eigenvalue weighted by Crippen LogP contribution is -2.57. The van der Waals surface area contributed by atoms with Gasteiger partial charge in [-0.3, -0.25) is 4.79 Å². The molecule has 1 aromatic carbocycles. The lowest BCUT2D eigenvalue weighted by atomic mass is 9.68. The van der Waals surface area contributed by atoms with E-state index in [0.717, 1.165) is 11.1 Å². The van der Waals surface area contributed by atoms with Crippen LogP contribution in [0.3, 0.4) is 0 Å². The third kappa shape index (κ3) is 10.0. The Labute approximate surface area is 303 Å². The molecule has 0 aromatic heterocycles. The van der Waals surface area contributed by atoms with Crippen molar-refractivity contribution in [2.24, 2.45) is 17.3 Å². The molecule has 288 valence electrons. The molecule has 0 radical (unpaired) electrons. The Morgan fingerprint density at radius 3 is 2.45 bits per heavy atom. The molecule has 0 saturated carbocycles. The van der Waals surface area contributed by atoms with Crippen molar-refractivity contribution >= 4 is 17.8 Å². The Morgan fingerprint density at radius 2 is 1.86 bits per heavy atom. The average Bonchev–Trinajstić information content (AvgIpc) is 3.07. The van der Waals surface area contributed by atoms with Crippen LogP contribution in [0.2, 0.25) is 0 Å². The number of hydrogen-bond donors (Lipinski definition) is 5. The SMILES string of the molecule is C=C(C)C[C@H](OC)[C@H](O)C(=O)N[C@@H](OC)[C@@H]1C[C@@H](C)C(C)(C)[C@@H](C[C@H](O)[C@@H](C)C2Cc3c(C)c(OC(=O)N(C)CCNC)cc(O)c3C(=C)O2)O1. The van der Waals surface area contributed by atoms with Gasteiger partial charge in [-0.2, -0.15) is 0 Å². The Bertz CT molecular complexity index is 1400. The number of likely N-dealkylation sites (N-methyl/N-ethyl adjacent to an activating group) is 2. The summed E-state index contributed by atoms with van der Waals surface area (Å²) in [6.07, 6.45) is -4.42. The lowest BCUT2D eigenvalue weighted by Gasteiger charge is -2.49. The summed E-state index contributed by atoms with van der Waals surface area (Å²) >= 11 is 0. The first-order valence-electron chi connectivity index (χ1n) is 17.7. The average molecular weight is 720 g/mol. The van der Waals surface area contributed by atoms with Gasteiger partial charge in [0.2, 0.25) is 0 Å². The highest BCUT2D eigenvalue weighted by Gasteiger charge is 2.47. The molecule has 2 heterocycles. The van der Waals surface area contributed by atoms with Gasteiger partial charge in [-0.25, -0.2) is 4.79 Å². The van der Waals surface area contributed by atoms with Crippen LogP contribution in [0.15, 0.2) is 24.8 Å². The zero-order valence-electron chi connectivity index (χ0n) is 32.1. The Kier molecular flexibility index (Phi) is 14.9. The van der Waals surface area contributed by atoms with Gasteiger partial charge in [0.25, 0.3) is 5.91 Å². The number of phenolic OH excluding ortho intramolecular Hbond substituents is 1. The standard InChI is InChI=1S/C38H61N3O10/c1-20(2)15-30(47-11)34(44)35(45)40-36(48-12)31-16-21(3)38(7,8)32(50-31)19-26(42)23(5)28-17-25-22(4)29(18-27(43)33(25)24(6)49-28)51-37(46)41(10)14-13-39-9/h18,21,23,26,28,30-32,34,36,39,42-44H,1,6,13-17,19H2,2-5,7-12H3,(H,40,45)/t21-,23-,26+,28?,30+,31+,32-,34+,36+/m1/s1. The van der Waals surface area contributed by atoms with Crippen LogP contribution in [0.1, 0.15) is 70.6 Å². The highest BCUT2D eigenvalue weighted by molar-refractivity contribution is 5.81. The van der Waals surface area contributed by atoms with Crippen molar-refractivity contribution in [3.8, 4) is 11.5 Å². The molecule has 0 aliphatic carbocycles. The fourth-order valence-electron chi connectivity index (χ4n) is 6.80. The molecule has 1 fully saturated rings. The van der Waals surface area contributed by atoms with E-state index in [-0.39, 0.29) is 35.0 Å². The predicted molar refractivity (Wildman–Crippen MR) is 194 cm³/mol. The maximum atomic E-state index is 13.1. The van der Waals surface area contributed by atoms with E-state index in [9.17, 15) is 24.9 Å². The number of methoxy groups -OCH3 is 2. The molecule has 13 nitrogen and oxygen atoms in total. The van der Waals surface area contributed by atoms with Gasteiger partial charge in [-0.1, -0.05) is 39.8 Å². The maximum absolute atomic E-state index is 13.1. The van der Waals surface area contributed by atoms with E-state index >= 15 is 0 Å². The number of hydrogen-bond acceptors (Lipinski definition) is 11. The number of rotatable bonds is 16. The van der Waals surface area contributed by atoms with Gasteiger partial charge >= 0.3 is 6.09 Å². The first-order chi connectivity index (χ1) is 23.9. The van der Waals surface area contributed by atoms with E-state index in [1.807, 2.05) is 13.8 Å². The highest BCUT2D eigenvalue weighted by atomic mass is 16.6. The molecule has 3 rings (SSSR count). The molecule has 1 aromatic rings. The second kappa shape index (κ2) is 18.0. The van der Waals surface area contributed by atoms with Crippen LogP contribution in [0.25, 0.3) is 5.76 Å². The van der Waals surface area contributed by atoms with Crippen LogP contribution < -0.4 is 15.4 Å². The van der Waals surface area contributed by atoms with E-state index in [1.165, 1.54) is 25.2 Å². The maximum Gasteiger partial charge on any atom is 0.415 e. The Balaban J connectivity index is 1.76. The molecule has 9 atom stereocenters. The van der Waals surface area contributed by atoms with Crippen molar-refractivity contribution < 1.29 is 48.6 Å². The van der Waals surface area contributed by atoms with Crippen LogP contribution in [0.4, 0.5) is 4.79 Å². The molecular weight excluding hydrogens is 658 g/mol. The minimum atomic E-state index is -1.44. The molecule has 2 aliphatic heterocycles. The van der Waals surface area contributed by atoms with E-state index in [0.29, 0.717) is 43.5 Å². The minimum Gasteiger partial charge on any atom is -0.507 e. The fraction of sp³-hybridized carbons (Fsp3) is 0.684. The third-order valence-corrected chi connectivity index (χ3v) is 10.9. The number of carbonyl (C=O) groups is 2. The number of aliphatic hydroxyl groups excluding tert-OH is 2. The van der Waals surface area contributed by atoms with Crippen LogP contribution in [-0.2, 0) is 30.2 Å². The number of benzene rings is 1. The Hall–Kier alpha value is -3.20. The van der Waals surface area contributed by atoms with Crippen LogP contribution in [-0.4, -0.2) is 116 Å². The quantitative estimate of drug-likeness (QED) is 0.124. The molecule has 0 spiro atoms. The molecule has 1 saturated heterocycles. The normalized spacial score (nSPS) is 24.3. The van der Waals surface area contributed by atoms with Crippen LogP contribution >= 0.6 is 0 Å². The Morgan fingerprint density at radius 1 is 1.20 bits per heavy atom. The summed E-state index contributed by atoms with van der Waals surface area (Å²) in [6.45, 7) is 20.8. The number of amides is 2. The number of aromatic hydroxyl groups is 1. The first kappa shape index (κ1) is 42.2. The van der Waals surface area contributed by atoms with Crippen molar-refractivity contribution in [2.75, 3.05) is 41.4 Å². The smallest absolute Gasteiger partial charge is 0.415 e. The number of fused-ring (bicyclic) bond motifs is 1. The number of aliphatic hydroxyl groups is 2. The second-order valence-electron chi connectivity index (χ2n) is 14.9. The largest absolute Gasteiger partial charge is 0.507 e. The molecule has 2 aliphatic rings. The lowest BCUT2D eigenvalue weighted by molar-refractivity contribution is -0.199. The van der Waals surface area contributed by atoms with Crippen molar-refractivity contribution in [3.63, 3.8) is 0 Å². The number of carbonyl (C=O) groups excluding carboxylic acids is 2. The number of phenols is 1. The summed E-state index contributed by atoms with van der Waals surface area (Å²) in [5.41, 5.74) is 2.30. The van der Waals surface area contributed by atoms with Gasteiger partial charge in [-0.05, 0) is 56.2 Å². The van der Waals surface area contributed by atoms with E-state index in [2.05, 4.69) is 44.6 Å². The van der Waals surface area contributed by atoms with Gasteiger partial charge in [0.15, 0.2) is 12.3 Å². The number of ether oxygens (including phenoxy) is 5. The summed E-state index contributed by atoms with van der Waals surface area (Å²) < 4.78 is 29.5. The molecule has 5 N–H and O–H groups in total. The minimum absolute atomic E-state index is 0.105. The molecule has 51 heavy (non-hydrogen) atoms. The zero-order valence-corrected chi connectivity index (χ0v) is 32.1. The van der Waals surface area contributed by atoms with Crippen LogP contribution in [0, 0.1) is 24.2 Å². The number of nitrogens with zero attached hydrogens (tertiary/aromatic N) is 1. The summed E-state index contributed by atoms with van der Waals surface area (Å²) in [6, 6.07) is 1.40. The summed E-state index contributed by atoms with van der Waals surface area (Å²) in [5, 5.41) is 39.1. The predicted octanol–water partition coefficient (Wildman–Crippen LogP) is 3.90.